The summed E-state index contributed by atoms with van der Waals surface area (Å²) in [7, 11) is 0. The van der Waals surface area contributed by atoms with Gasteiger partial charge in [-0.2, -0.15) is 0 Å². The Morgan fingerprint density at radius 2 is 2.86 bits per heavy atom. The van der Waals surface area contributed by atoms with Crippen LogP contribution in [0.4, 0.5) is 4.79 Å². The Morgan fingerprint density at radius 1 is 2.00 bits per heavy atom. The first-order valence-electron chi connectivity index (χ1n) is 1.82. The highest BCUT2D eigenvalue weighted by atomic mass is 32.2. The largest absolute Gasteiger partial charge is 0.327 e. The monoisotopic (exact) mass is 116 g/mol. The molecule has 0 saturated heterocycles. The average molecular weight is 116 g/mol. The van der Waals surface area contributed by atoms with Crippen LogP contribution in [-0.2, 0) is 0 Å². The summed E-state index contributed by atoms with van der Waals surface area (Å²) in [5.41, 5.74) is 1.54. The van der Waals surface area contributed by atoms with E-state index in [1.165, 1.54) is 0 Å². The van der Waals surface area contributed by atoms with Gasteiger partial charge in [0.2, 0.25) is 0 Å². The number of aliphatic imine (C=N–C) groups is 1. The van der Waals surface area contributed by atoms with Crippen LogP contribution >= 0.6 is 11.8 Å². The summed E-state index contributed by atoms with van der Waals surface area (Å²) in [6.07, 6.45) is 0. The fourth-order valence-electron chi connectivity index (χ4n) is 0.274. The molecule has 0 spiro atoms. The lowest BCUT2D eigenvalue weighted by molar-refractivity contribution is 0.261. The molecule has 0 aromatic rings. The molecule has 0 aromatic carbocycles. The SMILES string of the molecule is O=C1NCN=CS1. The van der Waals surface area contributed by atoms with E-state index in [2.05, 4.69) is 10.3 Å². The Morgan fingerprint density at radius 3 is 3.14 bits per heavy atom. The van der Waals surface area contributed by atoms with E-state index < -0.39 is 0 Å². The van der Waals surface area contributed by atoms with Gasteiger partial charge in [-0.25, -0.2) is 0 Å². The van der Waals surface area contributed by atoms with Gasteiger partial charge in [-0.1, -0.05) is 0 Å². The normalized spacial score (nSPS) is 19.1. The molecule has 0 saturated carbocycles. The van der Waals surface area contributed by atoms with Crippen molar-refractivity contribution in [3.8, 4) is 0 Å². The molecular formula is C3H4N2OS. The first-order chi connectivity index (χ1) is 3.39. The van der Waals surface area contributed by atoms with Crippen molar-refractivity contribution in [1.29, 1.82) is 0 Å². The zero-order chi connectivity index (χ0) is 5.11. The first kappa shape index (κ1) is 4.64. The van der Waals surface area contributed by atoms with Crippen LogP contribution in [0.3, 0.4) is 0 Å². The third-order valence-electron chi connectivity index (χ3n) is 0.549. The van der Waals surface area contributed by atoms with E-state index in [-0.39, 0.29) is 5.24 Å². The minimum atomic E-state index is -0.0185. The molecule has 0 aliphatic carbocycles. The molecule has 4 heteroatoms. The smallest absolute Gasteiger partial charge is 0.286 e. The Balaban J connectivity index is 2.47. The highest BCUT2D eigenvalue weighted by Crippen LogP contribution is 1.98. The lowest BCUT2D eigenvalue weighted by Crippen LogP contribution is -2.21. The maximum Gasteiger partial charge on any atom is 0.286 e. The average Bonchev–Trinajstić information content (AvgIpc) is 1.69. The predicted molar refractivity (Wildman–Crippen MR) is 29.5 cm³/mol. The van der Waals surface area contributed by atoms with Crippen LogP contribution in [-0.4, -0.2) is 17.5 Å². The Bertz CT molecular complexity index is 112. The van der Waals surface area contributed by atoms with Crippen LogP contribution in [0.15, 0.2) is 4.99 Å². The Labute approximate surface area is 45.2 Å². The molecule has 1 aliphatic rings. The highest BCUT2D eigenvalue weighted by molar-refractivity contribution is 8.24. The van der Waals surface area contributed by atoms with Crippen LogP contribution in [0.5, 0.6) is 0 Å². The van der Waals surface area contributed by atoms with Gasteiger partial charge in [0.15, 0.2) is 0 Å². The first-order valence-corrected chi connectivity index (χ1v) is 2.70. The van der Waals surface area contributed by atoms with Crippen molar-refractivity contribution in [1.82, 2.24) is 5.32 Å². The number of thioether (sulfide) groups is 1. The summed E-state index contributed by atoms with van der Waals surface area (Å²) in [6, 6.07) is 0. The van der Waals surface area contributed by atoms with E-state index in [4.69, 9.17) is 0 Å². The number of hydrogen-bond acceptors (Lipinski definition) is 3. The molecule has 1 rings (SSSR count). The van der Waals surface area contributed by atoms with E-state index in [1.807, 2.05) is 0 Å². The van der Waals surface area contributed by atoms with E-state index >= 15 is 0 Å². The second-order valence-electron chi connectivity index (χ2n) is 1.03. The summed E-state index contributed by atoms with van der Waals surface area (Å²) in [6.45, 7) is 0.436. The third-order valence-corrected chi connectivity index (χ3v) is 1.16. The summed E-state index contributed by atoms with van der Waals surface area (Å²) >= 11 is 1.08. The van der Waals surface area contributed by atoms with Crippen LogP contribution in [0, 0.1) is 0 Å². The van der Waals surface area contributed by atoms with Crippen molar-refractivity contribution in [2.24, 2.45) is 4.99 Å². The van der Waals surface area contributed by atoms with Crippen molar-refractivity contribution in [2.75, 3.05) is 6.67 Å². The van der Waals surface area contributed by atoms with Gasteiger partial charge in [-0.15, -0.1) is 0 Å². The van der Waals surface area contributed by atoms with Gasteiger partial charge in [-0.3, -0.25) is 9.79 Å². The fourth-order valence-corrected chi connectivity index (χ4v) is 0.667. The summed E-state index contributed by atoms with van der Waals surface area (Å²) in [5, 5.41) is 2.49. The molecule has 0 bridgehead atoms. The third kappa shape index (κ3) is 1.19. The minimum Gasteiger partial charge on any atom is -0.327 e. The van der Waals surface area contributed by atoms with Gasteiger partial charge >= 0.3 is 0 Å². The second kappa shape index (κ2) is 1.97. The van der Waals surface area contributed by atoms with Gasteiger partial charge in [0.1, 0.15) is 6.67 Å². The van der Waals surface area contributed by atoms with Crippen molar-refractivity contribution in [3.63, 3.8) is 0 Å². The van der Waals surface area contributed by atoms with E-state index in [9.17, 15) is 4.79 Å². The Kier molecular flexibility index (Phi) is 1.31. The quantitative estimate of drug-likeness (QED) is 0.498. The molecule has 0 fully saturated rings. The lowest BCUT2D eigenvalue weighted by Gasteiger charge is -2.00. The van der Waals surface area contributed by atoms with Crippen molar-refractivity contribution < 1.29 is 4.79 Å². The molecule has 3 nitrogen and oxygen atoms in total. The maximum absolute atomic E-state index is 10.2. The fraction of sp³-hybridized carbons (Fsp3) is 0.333. The van der Waals surface area contributed by atoms with E-state index in [0.29, 0.717) is 6.67 Å². The van der Waals surface area contributed by atoms with E-state index in [0.717, 1.165) is 11.8 Å². The number of nitrogens with zero attached hydrogens (tertiary/aromatic N) is 1. The number of hydrogen-bond donors (Lipinski definition) is 1. The predicted octanol–water partition coefficient (Wildman–Crippen LogP) is 0.429. The lowest BCUT2D eigenvalue weighted by atomic mass is 11.0. The summed E-state index contributed by atoms with van der Waals surface area (Å²) in [5.74, 6) is 0. The molecule has 0 unspecified atom stereocenters. The standard InChI is InChI=1S/C3H4N2OS/c6-3-5-1-4-2-7-3/h2H,1H2,(H,5,6). The van der Waals surface area contributed by atoms with Gasteiger partial charge in [-0.05, 0) is 11.8 Å². The van der Waals surface area contributed by atoms with Crippen LogP contribution < -0.4 is 5.32 Å². The van der Waals surface area contributed by atoms with Gasteiger partial charge in [0, 0.05) is 0 Å². The molecule has 1 aliphatic heterocycles. The highest BCUT2D eigenvalue weighted by Gasteiger charge is 1.99. The molecule has 0 atom stereocenters. The van der Waals surface area contributed by atoms with E-state index in [1.54, 1.807) is 5.55 Å². The molecule has 1 heterocycles. The maximum atomic E-state index is 10.2. The Hall–Kier alpha value is -0.510. The topological polar surface area (TPSA) is 41.5 Å². The number of amides is 1. The van der Waals surface area contributed by atoms with Crippen LogP contribution in [0.2, 0.25) is 0 Å². The molecule has 38 valence electrons. The molecular weight excluding hydrogens is 112 g/mol. The number of carbonyl (C=O) groups excluding carboxylic acids is 1. The van der Waals surface area contributed by atoms with Gasteiger partial charge in [0.25, 0.3) is 5.24 Å². The zero-order valence-corrected chi connectivity index (χ0v) is 4.36. The minimum absolute atomic E-state index is 0.0185. The molecule has 1 N–H and O–H groups in total. The van der Waals surface area contributed by atoms with Crippen LogP contribution in [0.1, 0.15) is 0 Å². The van der Waals surface area contributed by atoms with Crippen molar-refractivity contribution in [3.05, 3.63) is 0 Å². The van der Waals surface area contributed by atoms with Gasteiger partial charge < -0.3 is 5.32 Å². The number of carbonyl (C=O) groups is 1. The van der Waals surface area contributed by atoms with Gasteiger partial charge in [0.05, 0.1) is 5.55 Å². The molecule has 1 amide bonds. The van der Waals surface area contributed by atoms with Crippen molar-refractivity contribution >= 4 is 22.5 Å². The number of nitrogens with one attached hydrogen (secondary N) is 1. The summed E-state index contributed by atoms with van der Waals surface area (Å²) < 4.78 is 0. The number of rotatable bonds is 0. The van der Waals surface area contributed by atoms with Crippen molar-refractivity contribution in [2.45, 2.75) is 0 Å². The zero-order valence-electron chi connectivity index (χ0n) is 3.55. The molecule has 7 heavy (non-hydrogen) atoms. The second-order valence-corrected chi connectivity index (χ2v) is 1.85. The van der Waals surface area contributed by atoms with Crippen LogP contribution in [0.25, 0.3) is 0 Å². The molecule has 0 radical (unpaired) electrons. The molecule has 0 aromatic heterocycles. The summed E-state index contributed by atoms with van der Waals surface area (Å²) in [4.78, 5) is 14.0.